The average molecular weight is 105 g/mol. The lowest BCUT2D eigenvalue weighted by Crippen LogP contribution is -1.82. The average Bonchev–Trinajstić information content (AvgIpc) is 1.73. The number of aliphatic carboxylic acids is 1. The highest BCUT2D eigenvalue weighted by Gasteiger charge is 1.73. The Hall–Kier alpha value is -0.870. The highest BCUT2D eigenvalue weighted by atomic mass is 16.4. The number of nitrogens with two attached hydrogens (primary N) is 1. The number of carbonyl (C=O) groups is 1. The van der Waals surface area contributed by atoms with Crippen molar-refractivity contribution in [3.63, 3.8) is 0 Å². The molecule has 0 bridgehead atoms. The number of hydrogen-bond donors (Lipinski definition) is 3. The van der Waals surface area contributed by atoms with Gasteiger partial charge in [-0.3, -0.25) is 0 Å². The molecule has 4 heteroatoms. The SMILES string of the molecule is C=CC(=O)O.NO. The molecule has 0 saturated heterocycles. The second-order valence-corrected chi connectivity index (χ2v) is 0.542. The van der Waals surface area contributed by atoms with Crippen LogP contribution in [-0.2, 0) is 4.79 Å². The van der Waals surface area contributed by atoms with Crippen molar-refractivity contribution in [2.24, 2.45) is 5.90 Å². The zero-order chi connectivity index (χ0) is 6.28. The van der Waals surface area contributed by atoms with Crippen molar-refractivity contribution in [2.75, 3.05) is 0 Å². The molecular weight excluding hydrogens is 98.0 g/mol. The van der Waals surface area contributed by atoms with Crippen LogP contribution in [0.25, 0.3) is 0 Å². The Morgan fingerprint density at radius 2 is 1.86 bits per heavy atom. The molecule has 7 heavy (non-hydrogen) atoms. The van der Waals surface area contributed by atoms with E-state index in [0.29, 0.717) is 0 Å². The maximum Gasteiger partial charge on any atom is 0.327 e. The molecule has 0 fully saturated rings. The van der Waals surface area contributed by atoms with Crippen LogP contribution in [0.5, 0.6) is 0 Å². The summed E-state index contributed by atoms with van der Waals surface area (Å²) in [7, 11) is 0. The van der Waals surface area contributed by atoms with Gasteiger partial charge in [0.05, 0.1) is 0 Å². The van der Waals surface area contributed by atoms with Crippen molar-refractivity contribution in [3.8, 4) is 0 Å². The summed E-state index contributed by atoms with van der Waals surface area (Å²) < 4.78 is 0. The van der Waals surface area contributed by atoms with Crippen LogP contribution in [0.4, 0.5) is 0 Å². The molecule has 0 amide bonds. The van der Waals surface area contributed by atoms with E-state index in [4.69, 9.17) is 10.3 Å². The molecule has 0 aromatic carbocycles. The molecule has 0 aliphatic heterocycles. The predicted octanol–water partition coefficient (Wildman–Crippen LogP) is -0.409. The van der Waals surface area contributed by atoms with E-state index < -0.39 is 5.97 Å². The topological polar surface area (TPSA) is 83.5 Å². The Labute approximate surface area is 40.8 Å². The van der Waals surface area contributed by atoms with Crippen molar-refractivity contribution in [1.82, 2.24) is 0 Å². The van der Waals surface area contributed by atoms with Crippen LogP contribution in [0.2, 0.25) is 0 Å². The number of carboxylic acids is 1. The fourth-order valence-electron chi connectivity index (χ4n) is 0. The van der Waals surface area contributed by atoms with E-state index in [0.717, 1.165) is 6.08 Å². The van der Waals surface area contributed by atoms with Gasteiger partial charge in [-0.1, -0.05) is 6.58 Å². The highest BCUT2D eigenvalue weighted by molar-refractivity contribution is 5.78. The molecule has 0 saturated carbocycles. The molecule has 0 rings (SSSR count). The van der Waals surface area contributed by atoms with Gasteiger partial charge in [0.2, 0.25) is 0 Å². The van der Waals surface area contributed by atoms with Crippen LogP contribution < -0.4 is 5.90 Å². The third kappa shape index (κ3) is 39.4. The molecule has 4 nitrogen and oxygen atoms in total. The van der Waals surface area contributed by atoms with Gasteiger partial charge in [-0.15, -0.1) is 0 Å². The summed E-state index contributed by atoms with van der Waals surface area (Å²) in [5, 5.41) is 14.1. The first-order valence-corrected chi connectivity index (χ1v) is 1.38. The smallest absolute Gasteiger partial charge is 0.327 e. The second-order valence-electron chi connectivity index (χ2n) is 0.542. The minimum Gasteiger partial charge on any atom is -0.478 e. The largest absolute Gasteiger partial charge is 0.478 e. The van der Waals surface area contributed by atoms with Gasteiger partial charge in [0.25, 0.3) is 0 Å². The van der Waals surface area contributed by atoms with Gasteiger partial charge in [-0.2, -0.15) is 0 Å². The lowest BCUT2D eigenvalue weighted by molar-refractivity contribution is -0.131. The normalized spacial score (nSPS) is 5.43. The first-order valence-electron chi connectivity index (χ1n) is 1.38. The Kier molecular flexibility index (Phi) is 12.1. The summed E-state index contributed by atoms with van der Waals surface area (Å²) in [4.78, 5) is 9.25. The molecule has 0 aromatic heterocycles. The third-order valence-corrected chi connectivity index (χ3v) is 0.175. The molecule has 0 radical (unpaired) electrons. The summed E-state index contributed by atoms with van der Waals surface area (Å²) in [6.45, 7) is 2.96. The van der Waals surface area contributed by atoms with Crippen LogP contribution in [0, 0.1) is 0 Å². The van der Waals surface area contributed by atoms with E-state index in [1.54, 1.807) is 0 Å². The maximum atomic E-state index is 9.25. The van der Waals surface area contributed by atoms with Gasteiger partial charge >= 0.3 is 5.97 Å². The van der Waals surface area contributed by atoms with Gasteiger partial charge < -0.3 is 10.3 Å². The van der Waals surface area contributed by atoms with Gasteiger partial charge in [-0.25, -0.2) is 10.7 Å². The summed E-state index contributed by atoms with van der Waals surface area (Å²) in [6, 6.07) is 0. The predicted molar refractivity (Wildman–Crippen MR) is 23.8 cm³/mol. The molecule has 0 aliphatic carbocycles. The molecule has 0 spiro atoms. The van der Waals surface area contributed by atoms with Crippen molar-refractivity contribution in [3.05, 3.63) is 12.7 Å². The van der Waals surface area contributed by atoms with Crippen LogP contribution in [0.15, 0.2) is 12.7 Å². The first-order chi connectivity index (χ1) is 3.27. The molecule has 4 N–H and O–H groups in total. The van der Waals surface area contributed by atoms with Crippen molar-refractivity contribution in [1.29, 1.82) is 0 Å². The van der Waals surface area contributed by atoms with Crippen LogP contribution >= 0.6 is 0 Å². The van der Waals surface area contributed by atoms with Crippen LogP contribution in [0.3, 0.4) is 0 Å². The van der Waals surface area contributed by atoms with E-state index in [1.165, 1.54) is 0 Å². The van der Waals surface area contributed by atoms with Crippen LogP contribution in [0.1, 0.15) is 0 Å². The fourth-order valence-corrected chi connectivity index (χ4v) is 0. The van der Waals surface area contributed by atoms with E-state index >= 15 is 0 Å². The highest BCUT2D eigenvalue weighted by Crippen LogP contribution is 1.54. The molecule has 0 unspecified atom stereocenters. The Balaban J connectivity index is 0. The minimum absolute atomic E-state index is 0.833. The monoisotopic (exact) mass is 105 g/mol. The van der Waals surface area contributed by atoms with Gasteiger partial charge in [0.15, 0.2) is 0 Å². The van der Waals surface area contributed by atoms with Crippen molar-refractivity contribution >= 4 is 5.97 Å². The van der Waals surface area contributed by atoms with E-state index in [2.05, 4.69) is 12.5 Å². The second kappa shape index (κ2) is 8.93. The summed E-state index contributed by atoms with van der Waals surface area (Å²) >= 11 is 0. The minimum atomic E-state index is -0.981. The summed E-state index contributed by atoms with van der Waals surface area (Å²) in [5.41, 5.74) is 0. The van der Waals surface area contributed by atoms with Gasteiger partial charge in [0, 0.05) is 6.08 Å². The standard InChI is InChI=1S/C3H4O2.H3NO/c1-2-3(4)5;1-2/h2H,1H2,(H,4,5);2H,1H2. The number of carboxylic acid groups (broad SMARTS) is 1. The quantitative estimate of drug-likeness (QED) is 0.312. The number of rotatable bonds is 1. The Morgan fingerprint density at radius 3 is 1.86 bits per heavy atom. The molecule has 0 heterocycles. The van der Waals surface area contributed by atoms with Gasteiger partial charge in [0.1, 0.15) is 0 Å². The maximum absolute atomic E-state index is 9.25. The van der Waals surface area contributed by atoms with Crippen molar-refractivity contribution < 1.29 is 15.1 Å². The van der Waals surface area contributed by atoms with E-state index in [9.17, 15) is 4.79 Å². The zero-order valence-electron chi connectivity index (χ0n) is 3.66. The van der Waals surface area contributed by atoms with Gasteiger partial charge in [-0.05, 0) is 0 Å². The van der Waals surface area contributed by atoms with Crippen molar-refractivity contribution in [2.45, 2.75) is 0 Å². The molecule has 0 aromatic rings. The first kappa shape index (κ1) is 9.46. The van der Waals surface area contributed by atoms with E-state index in [1.807, 2.05) is 0 Å². The number of hydrogen-bond acceptors (Lipinski definition) is 3. The molecule has 42 valence electrons. The fraction of sp³-hybridized carbons (Fsp3) is 0. The summed E-state index contributed by atoms with van der Waals surface area (Å²) in [6.07, 6.45) is 0.833. The summed E-state index contributed by atoms with van der Waals surface area (Å²) in [5.74, 6) is 2.52. The third-order valence-electron chi connectivity index (χ3n) is 0.175. The van der Waals surface area contributed by atoms with E-state index in [-0.39, 0.29) is 0 Å². The zero-order valence-corrected chi connectivity index (χ0v) is 3.66. The lowest BCUT2D eigenvalue weighted by Gasteiger charge is -1.64. The molecule has 0 aliphatic rings. The lowest BCUT2D eigenvalue weighted by atomic mass is 10.7. The van der Waals surface area contributed by atoms with Crippen LogP contribution in [-0.4, -0.2) is 16.3 Å². The Morgan fingerprint density at radius 1 is 1.71 bits per heavy atom. The Bertz CT molecular complexity index is 61.2. The molecular formula is C3H7NO3. The molecule has 0 atom stereocenters.